The van der Waals surface area contributed by atoms with Crippen LogP contribution in [0.25, 0.3) is 0 Å². The fraction of sp³-hybridized carbons (Fsp3) is 0.286. The number of aromatic carboxylic acids is 1. The third-order valence-corrected chi connectivity index (χ3v) is 11.1. The number of carboxylic acid groups (broad SMARTS) is 1. The van der Waals surface area contributed by atoms with E-state index in [0.717, 1.165) is 34.6 Å². The number of carbonyl (C=O) groups excluding carboxylic acids is 1. The quantitative estimate of drug-likeness (QED) is 0.110. The van der Waals surface area contributed by atoms with Gasteiger partial charge in [-0.15, -0.1) is 23.5 Å². The molecule has 0 spiro atoms. The molecular formula is C42H42N2O4S2. The van der Waals surface area contributed by atoms with Crippen molar-refractivity contribution in [3.05, 3.63) is 117 Å². The van der Waals surface area contributed by atoms with Crippen molar-refractivity contribution < 1.29 is 19.4 Å². The minimum atomic E-state index is -1.03. The van der Waals surface area contributed by atoms with Crippen LogP contribution in [-0.4, -0.2) is 35.2 Å². The highest BCUT2D eigenvalue weighted by Gasteiger charge is 2.28. The first kappa shape index (κ1) is 36.5. The minimum Gasteiger partial charge on any atom is -0.478 e. The number of anilines is 2. The van der Waals surface area contributed by atoms with Crippen molar-refractivity contribution in [3.63, 3.8) is 0 Å². The predicted octanol–water partition coefficient (Wildman–Crippen LogP) is 8.76. The van der Waals surface area contributed by atoms with Crippen molar-refractivity contribution >= 4 is 46.8 Å². The standard InChI is InChI=1S/C22H23NO2S.C20H19NO2S/c1-4-25-21(24)17-9-7-16(14-19(17)23)6-5-15-8-10-20-18(13-15)22(2,3)11-12-26-20;1-20(2)9-10-24-18-8-6-13(11-16(18)20)3-4-14-5-7-15(19(22)23)17(21)12-14/h7-10,13-14H,4,11-12,23H2,1-3H3;5-8,11-12H,9-10,21H2,1-2H3,(H,22,23). The number of esters is 1. The van der Waals surface area contributed by atoms with Crippen molar-refractivity contribution in [1.82, 2.24) is 0 Å². The maximum atomic E-state index is 11.8. The zero-order valence-corrected chi connectivity index (χ0v) is 30.7. The molecule has 6 rings (SSSR count). The lowest BCUT2D eigenvalue weighted by Crippen LogP contribution is -2.22. The number of hydrogen-bond acceptors (Lipinski definition) is 7. The Hall–Kier alpha value is -4.76. The van der Waals surface area contributed by atoms with Crippen LogP contribution < -0.4 is 11.5 Å². The second-order valence-corrected chi connectivity index (χ2v) is 15.8. The fourth-order valence-corrected chi connectivity index (χ4v) is 8.76. The van der Waals surface area contributed by atoms with Gasteiger partial charge in [-0.1, -0.05) is 51.4 Å². The van der Waals surface area contributed by atoms with Crippen molar-refractivity contribution in [3.8, 4) is 23.7 Å². The van der Waals surface area contributed by atoms with Gasteiger partial charge in [0.25, 0.3) is 0 Å². The number of rotatable bonds is 3. The first-order chi connectivity index (χ1) is 23.8. The van der Waals surface area contributed by atoms with E-state index in [9.17, 15) is 9.59 Å². The summed E-state index contributed by atoms with van der Waals surface area (Å²) in [4.78, 5) is 25.5. The van der Waals surface area contributed by atoms with E-state index in [2.05, 4.69) is 81.7 Å². The largest absolute Gasteiger partial charge is 0.478 e. The molecule has 4 aromatic carbocycles. The number of thioether (sulfide) groups is 2. The topological polar surface area (TPSA) is 116 Å². The third kappa shape index (κ3) is 8.69. The van der Waals surface area contributed by atoms with Gasteiger partial charge in [0.2, 0.25) is 0 Å². The molecule has 0 fully saturated rings. The van der Waals surface area contributed by atoms with E-state index in [1.165, 1.54) is 33.4 Å². The summed E-state index contributed by atoms with van der Waals surface area (Å²) in [5, 5.41) is 9.01. The molecule has 5 N–H and O–H groups in total. The summed E-state index contributed by atoms with van der Waals surface area (Å²) in [6.45, 7) is 11.2. The van der Waals surface area contributed by atoms with Gasteiger partial charge >= 0.3 is 11.9 Å². The Balaban J connectivity index is 0.000000195. The molecular weight excluding hydrogens is 661 g/mol. The maximum Gasteiger partial charge on any atom is 0.340 e. The predicted molar refractivity (Wildman–Crippen MR) is 206 cm³/mol. The van der Waals surface area contributed by atoms with Crippen molar-refractivity contribution in [2.24, 2.45) is 0 Å². The lowest BCUT2D eigenvalue weighted by atomic mass is 9.81. The third-order valence-electron chi connectivity index (χ3n) is 8.92. The summed E-state index contributed by atoms with van der Waals surface area (Å²) in [6.07, 6.45) is 2.34. The zero-order valence-electron chi connectivity index (χ0n) is 29.1. The summed E-state index contributed by atoms with van der Waals surface area (Å²) in [5.74, 6) is 13.5. The fourth-order valence-electron chi connectivity index (χ4n) is 5.79. The summed E-state index contributed by atoms with van der Waals surface area (Å²) in [6, 6.07) is 22.8. The van der Waals surface area contributed by atoms with Gasteiger partial charge in [-0.3, -0.25) is 0 Å². The van der Waals surface area contributed by atoms with E-state index in [-0.39, 0.29) is 22.1 Å². The highest BCUT2D eigenvalue weighted by molar-refractivity contribution is 7.99. The molecule has 0 atom stereocenters. The molecule has 0 bridgehead atoms. The first-order valence-electron chi connectivity index (χ1n) is 16.6. The second-order valence-electron chi connectivity index (χ2n) is 13.5. The highest BCUT2D eigenvalue weighted by Crippen LogP contribution is 2.42. The van der Waals surface area contributed by atoms with E-state index in [1.54, 1.807) is 37.3 Å². The minimum absolute atomic E-state index is 0.105. The van der Waals surface area contributed by atoms with E-state index in [1.807, 2.05) is 29.6 Å². The number of nitrogens with two attached hydrogens (primary N) is 2. The molecule has 0 amide bonds. The second kappa shape index (κ2) is 15.4. The molecule has 2 heterocycles. The van der Waals surface area contributed by atoms with Gasteiger partial charge in [0.15, 0.2) is 0 Å². The number of benzene rings is 4. The molecule has 256 valence electrons. The van der Waals surface area contributed by atoms with Gasteiger partial charge < -0.3 is 21.3 Å². The summed E-state index contributed by atoms with van der Waals surface area (Å²) in [7, 11) is 0. The molecule has 0 aromatic heterocycles. The van der Waals surface area contributed by atoms with E-state index >= 15 is 0 Å². The van der Waals surface area contributed by atoms with Crippen LogP contribution in [0.3, 0.4) is 0 Å². The van der Waals surface area contributed by atoms with Crippen molar-refractivity contribution in [1.29, 1.82) is 0 Å². The van der Waals surface area contributed by atoms with E-state index < -0.39 is 11.9 Å². The van der Waals surface area contributed by atoms with Crippen LogP contribution in [0.1, 0.15) is 102 Å². The van der Waals surface area contributed by atoms with E-state index in [4.69, 9.17) is 21.3 Å². The zero-order chi connectivity index (χ0) is 36.1. The molecule has 2 aliphatic heterocycles. The number of fused-ring (bicyclic) bond motifs is 2. The molecule has 8 heteroatoms. The van der Waals surface area contributed by atoms with Gasteiger partial charge in [0.1, 0.15) is 0 Å². The van der Waals surface area contributed by atoms with Gasteiger partial charge in [-0.05, 0) is 126 Å². The molecule has 0 saturated heterocycles. The average molecular weight is 703 g/mol. The normalized spacial score (nSPS) is 14.9. The first-order valence-corrected chi connectivity index (χ1v) is 18.5. The van der Waals surface area contributed by atoms with Gasteiger partial charge in [-0.25, -0.2) is 9.59 Å². The van der Waals surface area contributed by atoms with Crippen LogP contribution in [0, 0.1) is 23.7 Å². The number of carboxylic acids is 1. The molecule has 0 radical (unpaired) electrons. The molecule has 0 unspecified atom stereocenters. The Morgan fingerprint density at radius 1 is 0.680 bits per heavy atom. The summed E-state index contributed by atoms with van der Waals surface area (Å²) >= 11 is 3.82. The Bertz CT molecular complexity index is 2080. The lowest BCUT2D eigenvalue weighted by molar-refractivity contribution is 0.0527. The summed E-state index contributed by atoms with van der Waals surface area (Å²) < 4.78 is 4.99. The molecule has 0 saturated carbocycles. The number of carbonyl (C=O) groups is 2. The van der Waals surface area contributed by atoms with Gasteiger partial charge in [-0.2, -0.15) is 0 Å². The van der Waals surface area contributed by atoms with E-state index in [0.29, 0.717) is 23.4 Å². The van der Waals surface area contributed by atoms with Crippen LogP contribution in [0.5, 0.6) is 0 Å². The van der Waals surface area contributed by atoms with Crippen LogP contribution in [0.15, 0.2) is 82.6 Å². The molecule has 0 aliphatic carbocycles. The van der Waals surface area contributed by atoms with Crippen LogP contribution >= 0.6 is 23.5 Å². The number of hydrogen-bond donors (Lipinski definition) is 3. The smallest absolute Gasteiger partial charge is 0.340 e. The average Bonchev–Trinajstić information content (AvgIpc) is 3.07. The molecule has 4 aromatic rings. The maximum absolute atomic E-state index is 11.8. The monoisotopic (exact) mass is 702 g/mol. The number of ether oxygens (including phenoxy) is 1. The Morgan fingerprint density at radius 3 is 1.48 bits per heavy atom. The SMILES string of the molecule is CC1(C)CCSc2ccc(C#Cc3ccc(C(=O)O)c(N)c3)cc21.CCOC(=O)c1ccc(C#Cc2ccc3c(c2)C(C)(C)CCS3)cc1N. The van der Waals surface area contributed by atoms with Crippen LogP contribution in [0.4, 0.5) is 11.4 Å². The Labute approximate surface area is 303 Å². The van der Waals surface area contributed by atoms with Crippen LogP contribution in [0.2, 0.25) is 0 Å². The van der Waals surface area contributed by atoms with Crippen LogP contribution in [-0.2, 0) is 15.6 Å². The Kier molecular flexibility index (Phi) is 11.3. The van der Waals surface area contributed by atoms with Crippen molar-refractivity contribution in [2.75, 3.05) is 29.6 Å². The lowest BCUT2D eigenvalue weighted by Gasteiger charge is -2.32. The van der Waals surface area contributed by atoms with Gasteiger partial charge in [0.05, 0.1) is 17.7 Å². The number of nitrogen functional groups attached to an aromatic ring is 2. The molecule has 6 nitrogen and oxygen atoms in total. The highest BCUT2D eigenvalue weighted by atomic mass is 32.2. The summed E-state index contributed by atoms with van der Waals surface area (Å²) in [5.41, 5.74) is 19.4. The molecule has 2 aliphatic rings. The van der Waals surface area contributed by atoms with Gasteiger partial charge in [0, 0.05) is 43.4 Å². The Morgan fingerprint density at radius 2 is 1.08 bits per heavy atom. The van der Waals surface area contributed by atoms with Crippen molar-refractivity contribution in [2.45, 2.75) is 68.1 Å². The molecule has 50 heavy (non-hydrogen) atoms.